The fraction of sp³-hybridized carbons (Fsp3) is 0.500. The molecule has 2 heterocycles. The van der Waals surface area contributed by atoms with Gasteiger partial charge in [-0.2, -0.15) is 0 Å². The lowest BCUT2D eigenvalue weighted by molar-refractivity contribution is -0.114. The lowest BCUT2D eigenvalue weighted by Crippen LogP contribution is -2.36. The summed E-state index contributed by atoms with van der Waals surface area (Å²) in [5.74, 6) is 1.27. The summed E-state index contributed by atoms with van der Waals surface area (Å²) in [6.45, 7) is 8.58. The smallest absolute Gasteiger partial charge is 0.410 e. The average Bonchev–Trinajstić information content (AvgIpc) is 3.26. The largest absolute Gasteiger partial charge is 0.473 e. The summed E-state index contributed by atoms with van der Waals surface area (Å²) >= 11 is 0. The second-order valence-corrected chi connectivity index (χ2v) is 9.63. The molecule has 2 aliphatic rings. The van der Waals surface area contributed by atoms with Crippen LogP contribution in [-0.4, -0.2) is 51.9 Å². The first-order valence-corrected chi connectivity index (χ1v) is 11.0. The van der Waals surface area contributed by atoms with Gasteiger partial charge in [0.05, 0.1) is 5.69 Å². The zero-order valence-electron chi connectivity index (χ0n) is 19.0. The van der Waals surface area contributed by atoms with Gasteiger partial charge in [-0.3, -0.25) is 4.79 Å². The number of rotatable bonds is 4. The van der Waals surface area contributed by atoms with Crippen molar-refractivity contribution in [2.24, 2.45) is 11.8 Å². The second-order valence-electron chi connectivity index (χ2n) is 9.63. The zero-order chi connectivity index (χ0) is 22.9. The summed E-state index contributed by atoms with van der Waals surface area (Å²) in [5.41, 5.74) is 1.92. The van der Waals surface area contributed by atoms with Crippen molar-refractivity contribution in [3.05, 3.63) is 36.4 Å². The van der Waals surface area contributed by atoms with Gasteiger partial charge in [-0.05, 0) is 63.6 Å². The first kappa shape index (κ1) is 22.0. The Bertz CT molecular complexity index is 955. The van der Waals surface area contributed by atoms with Crippen molar-refractivity contribution < 1.29 is 19.1 Å². The Morgan fingerprint density at radius 2 is 1.66 bits per heavy atom. The highest BCUT2D eigenvalue weighted by Gasteiger charge is 2.44. The van der Waals surface area contributed by atoms with Crippen molar-refractivity contribution in [3.63, 3.8) is 0 Å². The Hall–Kier alpha value is -3.16. The highest BCUT2D eigenvalue weighted by atomic mass is 16.6. The van der Waals surface area contributed by atoms with Crippen LogP contribution >= 0.6 is 0 Å². The minimum absolute atomic E-state index is 0.0860. The molecule has 0 bridgehead atoms. The first-order valence-electron chi connectivity index (χ1n) is 11.0. The number of anilines is 1. The van der Waals surface area contributed by atoms with Crippen molar-refractivity contribution in [2.45, 2.75) is 52.2 Å². The molecule has 1 aliphatic heterocycles. The molecule has 0 radical (unpaired) electrons. The molecule has 4 rings (SSSR count). The summed E-state index contributed by atoms with van der Waals surface area (Å²) in [6, 6.07) is 11.2. The number of carbonyl (C=O) groups excluding carboxylic acids is 2. The van der Waals surface area contributed by atoms with E-state index >= 15 is 0 Å². The van der Waals surface area contributed by atoms with E-state index < -0.39 is 5.60 Å². The van der Waals surface area contributed by atoms with Gasteiger partial charge in [-0.15, -0.1) is 10.2 Å². The van der Waals surface area contributed by atoms with Crippen LogP contribution in [0.15, 0.2) is 36.4 Å². The molecule has 0 spiro atoms. The van der Waals surface area contributed by atoms with E-state index in [1.807, 2.05) is 62.1 Å². The number of fused-ring (bicyclic) bond motifs is 1. The third-order valence-electron chi connectivity index (χ3n) is 5.79. The van der Waals surface area contributed by atoms with E-state index in [1.165, 1.54) is 6.92 Å². The maximum Gasteiger partial charge on any atom is 0.410 e. The molecule has 1 unspecified atom stereocenters. The van der Waals surface area contributed by atoms with Gasteiger partial charge >= 0.3 is 6.09 Å². The van der Waals surface area contributed by atoms with Gasteiger partial charge < -0.3 is 19.7 Å². The molecule has 1 aromatic carbocycles. The quantitative estimate of drug-likeness (QED) is 0.772. The van der Waals surface area contributed by atoms with Crippen molar-refractivity contribution in [1.29, 1.82) is 0 Å². The van der Waals surface area contributed by atoms with Crippen LogP contribution < -0.4 is 10.1 Å². The number of benzene rings is 1. The van der Waals surface area contributed by atoms with E-state index in [9.17, 15) is 9.59 Å². The Kier molecular flexibility index (Phi) is 6.04. The molecule has 1 N–H and O–H groups in total. The molecule has 3 atom stereocenters. The molecular formula is C24H30N4O4. The lowest BCUT2D eigenvalue weighted by Gasteiger charge is -2.25. The number of amides is 2. The van der Waals surface area contributed by atoms with Gasteiger partial charge in [0.1, 0.15) is 11.7 Å². The third kappa shape index (κ3) is 5.36. The van der Waals surface area contributed by atoms with Gasteiger partial charge in [-0.1, -0.05) is 12.1 Å². The van der Waals surface area contributed by atoms with Gasteiger partial charge in [0.2, 0.25) is 11.8 Å². The second kappa shape index (κ2) is 8.76. The minimum Gasteiger partial charge on any atom is -0.473 e. The fourth-order valence-electron chi connectivity index (χ4n) is 4.45. The Balaban J connectivity index is 1.29. The number of nitrogens with zero attached hydrogens (tertiary/aromatic N) is 3. The number of nitrogens with one attached hydrogen (secondary N) is 1. The molecule has 2 amide bonds. The topological polar surface area (TPSA) is 93.7 Å². The SMILES string of the molecule is CC(=O)Nc1ccc(-c2ccc(OC3C[C@@H]4CN(C(=O)OC(C)(C)C)C[C@@H]4C3)nn2)cc1. The molecule has 1 saturated carbocycles. The highest BCUT2D eigenvalue weighted by Crippen LogP contribution is 2.40. The highest BCUT2D eigenvalue weighted by molar-refractivity contribution is 5.88. The number of carbonyl (C=O) groups is 2. The van der Waals surface area contributed by atoms with Crippen LogP contribution in [0.5, 0.6) is 5.88 Å². The molecule has 1 saturated heterocycles. The van der Waals surface area contributed by atoms with Crippen LogP contribution in [0.2, 0.25) is 0 Å². The van der Waals surface area contributed by atoms with Crippen molar-refractivity contribution in [1.82, 2.24) is 15.1 Å². The van der Waals surface area contributed by atoms with E-state index in [0.29, 0.717) is 17.7 Å². The van der Waals surface area contributed by atoms with Crippen molar-refractivity contribution in [3.8, 4) is 17.1 Å². The monoisotopic (exact) mass is 438 g/mol. The molecule has 1 aliphatic carbocycles. The number of hydrogen-bond donors (Lipinski definition) is 1. The van der Waals surface area contributed by atoms with Gasteiger partial charge in [0.25, 0.3) is 0 Å². The minimum atomic E-state index is -0.473. The van der Waals surface area contributed by atoms with Gasteiger partial charge in [0.15, 0.2) is 0 Å². The van der Waals surface area contributed by atoms with E-state index in [-0.39, 0.29) is 18.1 Å². The molecule has 2 aromatic rings. The van der Waals surface area contributed by atoms with Crippen LogP contribution in [0.4, 0.5) is 10.5 Å². The molecule has 2 fully saturated rings. The maximum absolute atomic E-state index is 12.3. The maximum atomic E-state index is 12.3. The van der Waals surface area contributed by atoms with Crippen LogP contribution in [0.25, 0.3) is 11.3 Å². The zero-order valence-corrected chi connectivity index (χ0v) is 19.0. The molecule has 32 heavy (non-hydrogen) atoms. The van der Waals surface area contributed by atoms with Gasteiger partial charge in [-0.25, -0.2) is 4.79 Å². The van der Waals surface area contributed by atoms with E-state index in [4.69, 9.17) is 9.47 Å². The molecule has 1 aromatic heterocycles. The predicted octanol–water partition coefficient (Wildman–Crippen LogP) is 4.13. The van der Waals surface area contributed by atoms with Crippen molar-refractivity contribution in [2.75, 3.05) is 18.4 Å². The van der Waals surface area contributed by atoms with Gasteiger partial charge in [0, 0.05) is 37.3 Å². The van der Waals surface area contributed by atoms with E-state index in [0.717, 1.165) is 42.9 Å². The molecule has 8 nitrogen and oxygen atoms in total. The number of likely N-dealkylation sites (tertiary alicyclic amines) is 1. The standard InChI is InChI=1S/C24H30N4O4/c1-15(29)25-19-7-5-16(6-8-19)21-9-10-22(27-26-21)31-20-11-17-13-28(14-18(17)12-20)23(30)32-24(2,3)4/h5-10,17-18,20H,11-14H2,1-4H3,(H,25,29)/t17-,18+,20?. The Morgan fingerprint density at radius 1 is 1.00 bits per heavy atom. The summed E-state index contributed by atoms with van der Waals surface area (Å²) in [7, 11) is 0. The summed E-state index contributed by atoms with van der Waals surface area (Å²) in [4.78, 5) is 25.3. The average molecular weight is 439 g/mol. The molecule has 170 valence electrons. The van der Waals surface area contributed by atoms with Crippen LogP contribution in [0.1, 0.15) is 40.5 Å². The van der Waals surface area contributed by atoms with Crippen molar-refractivity contribution >= 4 is 17.7 Å². The number of hydrogen-bond acceptors (Lipinski definition) is 6. The van der Waals surface area contributed by atoms with E-state index in [2.05, 4.69) is 15.5 Å². The number of aromatic nitrogens is 2. The lowest BCUT2D eigenvalue weighted by atomic mass is 10.0. The van der Waals surface area contributed by atoms with Crippen LogP contribution in [0, 0.1) is 11.8 Å². The predicted molar refractivity (Wildman–Crippen MR) is 120 cm³/mol. The Morgan fingerprint density at radius 3 is 2.19 bits per heavy atom. The van der Waals surface area contributed by atoms with E-state index in [1.54, 1.807) is 0 Å². The molecular weight excluding hydrogens is 408 g/mol. The normalized spacial score (nSPS) is 22.4. The summed E-state index contributed by atoms with van der Waals surface area (Å²) < 4.78 is 11.6. The Labute approximate surface area is 188 Å². The van der Waals surface area contributed by atoms with Crippen LogP contribution in [-0.2, 0) is 9.53 Å². The summed E-state index contributed by atoms with van der Waals surface area (Å²) in [6.07, 6.45) is 1.66. The summed E-state index contributed by atoms with van der Waals surface area (Å²) in [5, 5.41) is 11.3. The first-order chi connectivity index (χ1) is 15.2. The fourth-order valence-corrected chi connectivity index (χ4v) is 4.45. The molecule has 8 heteroatoms. The number of ether oxygens (including phenoxy) is 2. The third-order valence-corrected chi connectivity index (χ3v) is 5.79. The van der Waals surface area contributed by atoms with Crippen LogP contribution in [0.3, 0.4) is 0 Å².